The fourth-order valence-electron chi connectivity index (χ4n) is 2.19. The molecule has 0 spiro atoms. The third-order valence-corrected chi connectivity index (χ3v) is 4.51. The van der Waals surface area contributed by atoms with Gasteiger partial charge in [-0.05, 0) is 41.2 Å². The Morgan fingerprint density at radius 2 is 2.19 bits per heavy atom. The van der Waals surface area contributed by atoms with Crippen LogP contribution < -0.4 is 15.0 Å². The van der Waals surface area contributed by atoms with Gasteiger partial charge in [-0.1, -0.05) is 11.8 Å². The van der Waals surface area contributed by atoms with Crippen molar-refractivity contribution in [2.45, 2.75) is 12.1 Å². The van der Waals surface area contributed by atoms with Gasteiger partial charge in [-0.2, -0.15) is 5.26 Å². The highest BCUT2D eigenvalue weighted by Gasteiger charge is 2.19. The quantitative estimate of drug-likeness (QED) is 0.386. The smallest absolute Gasteiger partial charge is 0.344 e. The van der Waals surface area contributed by atoms with Crippen molar-refractivity contribution < 1.29 is 19.0 Å². The van der Waals surface area contributed by atoms with E-state index in [2.05, 4.69) is 25.9 Å². The van der Waals surface area contributed by atoms with Gasteiger partial charge in [-0.3, -0.25) is 4.79 Å². The number of hydrogen-bond donors (Lipinski definition) is 1. The first-order valence-electron chi connectivity index (χ1n) is 7.69. The molecule has 1 N–H and O–H groups in total. The second-order valence-electron chi connectivity index (χ2n) is 4.99. The SMILES string of the molecule is CCOC(=O)COc1c(Br)cc(-c2nc(SC)[nH]c(=O)c2C#N)cc1OC. The van der Waals surface area contributed by atoms with E-state index in [0.29, 0.717) is 26.7 Å². The van der Waals surface area contributed by atoms with Gasteiger partial charge in [-0.25, -0.2) is 9.78 Å². The van der Waals surface area contributed by atoms with Crippen molar-refractivity contribution in [3.05, 3.63) is 32.5 Å². The van der Waals surface area contributed by atoms with E-state index >= 15 is 0 Å². The van der Waals surface area contributed by atoms with Crippen LogP contribution in [-0.2, 0) is 9.53 Å². The van der Waals surface area contributed by atoms with Crippen LogP contribution in [0.1, 0.15) is 12.5 Å². The molecule has 2 aromatic rings. The maximum Gasteiger partial charge on any atom is 0.344 e. The molecule has 0 unspecified atom stereocenters. The van der Waals surface area contributed by atoms with Crippen molar-refractivity contribution in [2.24, 2.45) is 0 Å². The van der Waals surface area contributed by atoms with Gasteiger partial charge in [0, 0.05) is 5.56 Å². The molecule has 0 amide bonds. The zero-order chi connectivity index (χ0) is 20.0. The zero-order valence-corrected chi connectivity index (χ0v) is 17.2. The summed E-state index contributed by atoms with van der Waals surface area (Å²) in [4.78, 5) is 30.5. The Balaban J connectivity index is 2.51. The molecule has 1 aromatic heterocycles. The van der Waals surface area contributed by atoms with Gasteiger partial charge in [0.2, 0.25) is 0 Å². The van der Waals surface area contributed by atoms with E-state index in [1.165, 1.54) is 18.9 Å². The molecular weight excluding hydrogens is 438 g/mol. The Hall–Kier alpha value is -2.51. The van der Waals surface area contributed by atoms with Gasteiger partial charge >= 0.3 is 5.97 Å². The molecule has 0 aliphatic carbocycles. The number of halogens is 1. The van der Waals surface area contributed by atoms with Gasteiger partial charge in [0.25, 0.3) is 5.56 Å². The minimum atomic E-state index is -0.524. The maximum atomic E-state index is 12.1. The molecule has 8 nitrogen and oxygen atoms in total. The number of nitriles is 1. The number of thioether (sulfide) groups is 1. The van der Waals surface area contributed by atoms with Gasteiger partial charge in [0.15, 0.2) is 23.3 Å². The van der Waals surface area contributed by atoms with Crippen LogP contribution in [0.25, 0.3) is 11.3 Å². The second-order valence-corrected chi connectivity index (χ2v) is 6.64. The van der Waals surface area contributed by atoms with E-state index in [4.69, 9.17) is 14.2 Å². The number of carbonyl (C=O) groups is 1. The number of ether oxygens (including phenoxy) is 3. The predicted molar refractivity (Wildman–Crippen MR) is 103 cm³/mol. The Morgan fingerprint density at radius 3 is 2.78 bits per heavy atom. The first-order valence-corrected chi connectivity index (χ1v) is 9.71. The van der Waals surface area contributed by atoms with Crippen molar-refractivity contribution in [2.75, 3.05) is 26.6 Å². The zero-order valence-electron chi connectivity index (χ0n) is 14.8. The van der Waals surface area contributed by atoms with E-state index in [1.807, 2.05) is 6.07 Å². The summed E-state index contributed by atoms with van der Waals surface area (Å²) in [6.07, 6.45) is 1.76. The molecule has 0 saturated carbocycles. The summed E-state index contributed by atoms with van der Waals surface area (Å²) in [6, 6.07) is 5.09. The average molecular weight is 454 g/mol. The fraction of sp³-hybridized carbons (Fsp3) is 0.294. The average Bonchev–Trinajstić information content (AvgIpc) is 2.65. The standard InChI is InChI=1S/C17H16BrN3O5S/c1-4-25-13(22)8-26-15-11(18)5-9(6-12(15)24-2)14-10(7-19)16(23)21-17(20-14)27-3/h5-6H,4,8H2,1-3H3,(H,20,21,23). The van der Waals surface area contributed by atoms with E-state index in [0.717, 1.165) is 0 Å². The lowest BCUT2D eigenvalue weighted by Gasteiger charge is -2.14. The Bertz CT molecular complexity index is 955. The number of carbonyl (C=O) groups excluding carboxylic acids is 1. The van der Waals surface area contributed by atoms with Crippen LogP contribution in [0.4, 0.5) is 0 Å². The fourth-order valence-corrected chi connectivity index (χ4v) is 3.13. The van der Waals surface area contributed by atoms with Crippen molar-refractivity contribution in [1.29, 1.82) is 5.26 Å². The summed E-state index contributed by atoms with van der Waals surface area (Å²) >= 11 is 4.62. The number of hydrogen-bond acceptors (Lipinski definition) is 8. The number of methoxy groups -OCH3 is 1. The van der Waals surface area contributed by atoms with Gasteiger partial charge in [0.05, 0.1) is 23.9 Å². The number of rotatable bonds is 7. The van der Waals surface area contributed by atoms with Crippen LogP contribution in [0.15, 0.2) is 26.6 Å². The lowest BCUT2D eigenvalue weighted by atomic mass is 10.1. The first-order chi connectivity index (χ1) is 12.9. The minimum absolute atomic E-state index is 0.109. The number of nitrogens with zero attached hydrogens (tertiary/aromatic N) is 2. The number of aromatic nitrogens is 2. The number of nitrogens with one attached hydrogen (secondary N) is 1. The van der Waals surface area contributed by atoms with Crippen molar-refractivity contribution in [3.63, 3.8) is 0 Å². The van der Waals surface area contributed by atoms with Gasteiger partial charge < -0.3 is 19.2 Å². The molecule has 1 heterocycles. The highest BCUT2D eigenvalue weighted by molar-refractivity contribution is 9.10. The minimum Gasteiger partial charge on any atom is -0.493 e. The summed E-state index contributed by atoms with van der Waals surface area (Å²) in [5.41, 5.74) is 0.0771. The Morgan fingerprint density at radius 1 is 1.44 bits per heavy atom. The van der Waals surface area contributed by atoms with Crippen LogP contribution >= 0.6 is 27.7 Å². The predicted octanol–water partition coefficient (Wildman–Crippen LogP) is 2.74. The third-order valence-electron chi connectivity index (χ3n) is 3.35. The van der Waals surface area contributed by atoms with E-state index in [-0.39, 0.29) is 24.5 Å². The van der Waals surface area contributed by atoms with E-state index in [9.17, 15) is 14.9 Å². The first kappa shape index (κ1) is 20.8. The van der Waals surface area contributed by atoms with Crippen LogP contribution in [0.2, 0.25) is 0 Å². The van der Waals surface area contributed by atoms with Gasteiger partial charge in [-0.15, -0.1) is 0 Å². The molecule has 0 saturated heterocycles. The molecule has 0 atom stereocenters. The third kappa shape index (κ3) is 4.81. The highest BCUT2D eigenvalue weighted by atomic mass is 79.9. The lowest BCUT2D eigenvalue weighted by molar-refractivity contribution is -0.145. The van der Waals surface area contributed by atoms with E-state index < -0.39 is 11.5 Å². The molecular formula is C17H16BrN3O5S. The van der Waals surface area contributed by atoms with Crippen LogP contribution in [0.3, 0.4) is 0 Å². The van der Waals surface area contributed by atoms with Crippen LogP contribution in [0.5, 0.6) is 11.5 Å². The largest absolute Gasteiger partial charge is 0.493 e. The Labute approximate surface area is 168 Å². The van der Waals surface area contributed by atoms with Crippen molar-refractivity contribution in [1.82, 2.24) is 9.97 Å². The summed E-state index contributed by atoms with van der Waals surface area (Å²) in [5.74, 6) is 0.0891. The summed E-state index contributed by atoms with van der Waals surface area (Å²) < 4.78 is 16.1. The maximum absolute atomic E-state index is 12.1. The molecule has 0 bridgehead atoms. The molecule has 1 aromatic carbocycles. The molecule has 0 radical (unpaired) electrons. The molecule has 0 aliphatic heterocycles. The summed E-state index contributed by atoms with van der Waals surface area (Å²) in [5, 5.41) is 9.72. The monoisotopic (exact) mass is 453 g/mol. The Kier molecular flexibility index (Phi) is 7.27. The van der Waals surface area contributed by atoms with Crippen LogP contribution in [-0.4, -0.2) is 42.5 Å². The molecule has 0 aliphatic rings. The molecule has 0 fully saturated rings. The second kappa shape index (κ2) is 9.43. The van der Waals surface area contributed by atoms with E-state index in [1.54, 1.807) is 25.3 Å². The number of H-pyrrole nitrogens is 1. The molecule has 142 valence electrons. The van der Waals surface area contributed by atoms with Crippen molar-refractivity contribution in [3.8, 4) is 28.8 Å². The molecule has 2 rings (SSSR count). The normalized spacial score (nSPS) is 10.2. The molecule has 10 heteroatoms. The lowest BCUT2D eigenvalue weighted by Crippen LogP contribution is -2.15. The van der Waals surface area contributed by atoms with Crippen molar-refractivity contribution >= 4 is 33.7 Å². The summed E-state index contributed by atoms with van der Waals surface area (Å²) in [6.45, 7) is 1.67. The van der Waals surface area contributed by atoms with Crippen LogP contribution in [0, 0.1) is 11.3 Å². The van der Waals surface area contributed by atoms with Gasteiger partial charge in [0.1, 0.15) is 11.6 Å². The number of esters is 1. The number of aromatic amines is 1. The highest BCUT2D eigenvalue weighted by Crippen LogP contribution is 2.39. The topological polar surface area (TPSA) is 114 Å². The summed E-state index contributed by atoms with van der Waals surface area (Å²) in [7, 11) is 1.44. The molecule has 27 heavy (non-hydrogen) atoms. The number of benzene rings is 1.